The fraction of sp³-hybridized carbons (Fsp3) is 0.273. The molecule has 13 heavy (non-hydrogen) atoms. The quantitative estimate of drug-likeness (QED) is 0.671. The lowest BCUT2D eigenvalue weighted by Gasteiger charge is -2.00. The highest BCUT2D eigenvalue weighted by Crippen LogP contribution is 2.32. The zero-order valence-corrected chi connectivity index (χ0v) is 9.51. The second-order valence-electron chi connectivity index (χ2n) is 3.20. The number of thiol groups is 1. The van der Waals surface area contributed by atoms with E-state index in [1.165, 1.54) is 20.5 Å². The van der Waals surface area contributed by atoms with Gasteiger partial charge in [-0.15, -0.1) is 24.0 Å². The third-order valence-corrected chi connectivity index (χ3v) is 3.76. The molecule has 1 heterocycles. The number of fused-ring (bicyclic) bond motifs is 1. The van der Waals surface area contributed by atoms with E-state index in [2.05, 4.69) is 44.7 Å². The lowest BCUT2D eigenvalue weighted by molar-refractivity contribution is 1.16. The maximum absolute atomic E-state index is 4.46. The number of hydrogen-bond donors (Lipinski definition) is 1. The molecule has 0 bridgehead atoms. The molecule has 68 valence electrons. The number of thiophene rings is 1. The molecule has 0 amide bonds. The van der Waals surface area contributed by atoms with Crippen molar-refractivity contribution in [1.82, 2.24) is 0 Å². The second-order valence-corrected chi connectivity index (χ2v) is 4.94. The van der Waals surface area contributed by atoms with Gasteiger partial charge in [-0.05, 0) is 31.0 Å². The van der Waals surface area contributed by atoms with E-state index < -0.39 is 0 Å². The van der Waals surface area contributed by atoms with Gasteiger partial charge in [-0.2, -0.15) is 0 Å². The van der Waals surface area contributed by atoms with Gasteiger partial charge in [0.1, 0.15) is 0 Å². The van der Waals surface area contributed by atoms with Crippen LogP contribution >= 0.6 is 24.0 Å². The predicted octanol–water partition coefficient (Wildman–Crippen LogP) is 4.06. The van der Waals surface area contributed by atoms with Crippen LogP contribution in [-0.4, -0.2) is 0 Å². The molecule has 0 fully saturated rings. The van der Waals surface area contributed by atoms with Crippen LogP contribution < -0.4 is 0 Å². The predicted molar refractivity (Wildman–Crippen MR) is 63.2 cm³/mol. The van der Waals surface area contributed by atoms with Gasteiger partial charge < -0.3 is 0 Å². The van der Waals surface area contributed by atoms with Crippen molar-refractivity contribution in [3.8, 4) is 0 Å². The standard InChI is InChI=1S/C11H12S2/c1-3-8-4-5-10(12)9-6-7(2)13-11(8)9/h4-6,12H,3H2,1-2H3. The number of rotatable bonds is 1. The molecule has 0 aliphatic rings. The second kappa shape index (κ2) is 3.35. The summed E-state index contributed by atoms with van der Waals surface area (Å²) in [4.78, 5) is 2.46. The average molecular weight is 208 g/mol. The van der Waals surface area contributed by atoms with Gasteiger partial charge >= 0.3 is 0 Å². The van der Waals surface area contributed by atoms with Crippen LogP contribution in [0.1, 0.15) is 17.4 Å². The van der Waals surface area contributed by atoms with Crippen molar-refractivity contribution in [2.45, 2.75) is 25.2 Å². The molecule has 0 saturated carbocycles. The van der Waals surface area contributed by atoms with E-state index in [9.17, 15) is 0 Å². The smallest absolute Gasteiger partial charge is 0.0388 e. The maximum atomic E-state index is 4.46. The number of benzene rings is 1. The van der Waals surface area contributed by atoms with Gasteiger partial charge in [0.2, 0.25) is 0 Å². The highest BCUT2D eigenvalue weighted by atomic mass is 32.1. The Labute approximate surface area is 88.0 Å². The molecule has 0 saturated heterocycles. The van der Waals surface area contributed by atoms with Gasteiger partial charge in [0.05, 0.1) is 0 Å². The highest BCUT2D eigenvalue weighted by molar-refractivity contribution is 7.80. The Morgan fingerprint density at radius 3 is 2.85 bits per heavy atom. The molecule has 1 aromatic carbocycles. The monoisotopic (exact) mass is 208 g/mol. The first-order valence-electron chi connectivity index (χ1n) is 4.43. The number of aryl methyl sites for hydroxylation is 2. The van der Waals surface area contributed by atoms with Gasteiger partial charge in [-0.25, -0.2) is 0 Å². The maximum Gasteiger partial charge on any atom is 0.0388 e. The minimum absolute atomic E-state index is 1.09. The van der Waals surface area contributed by atoms with Crippen LogP contribution in [0.4, 0.5) is 0 Å². The fourth-order valence-electron chi connectivity index (χ4n) is 1.57. The van der Waals surface area contributed by atoms with E-state index in [4.69, 9.17) is 0 Å². The molecular weight excluding hydrogens is 196 g/mol. The molecule has 2 heteroatoms. The SMILES string of the molecule is CCc1ccc(S)c2cc(C)sc12. The van der Waals surface area contributed by atoms with Crippen LogP contribution in [0, 0.1) is 6.92 Å². The average Bonchev–Trinajstić information content (AvgIpc) is 2.48. The van der Waals surface area contributed by atoms with Gasteiger partial charge in [0, 0.05) is 19.9 Å². The van der Waals surface area contributed by atoms with Crippen LogP contribution in [0.15, 0.2) is 23.1 Å². The summed E-state index contributed by atoms with van der Waals surface area (Å²) in [5.41, 5.74) is 1.44. The van der Waals surface area contributed by atoms with Crippen molar-refractivity contribution in [1.29, 1.82) is 0 Å². The molecule has 0 atom stereocenters. The van der Waals surface area contributed by atoms with Crippen molar-refractivity contribution < 1.29 is 0 Å². The molecule has 0 N–H and O–H groups in total. The van der Waals surface area contributed by atoms with E-state index in [0.717, 1.165) is 11.3 Å². The Hall–Kier alpha value is -0.470. The third-order valence-electron chi connectivity index (χ3n) is 2.25. The molecule has 1 aromatic heterocycles. The van der Waals surface area contributed by atoms with E-state index in [0.29, 0.717) is 0 Å². The molecule has 0 radical (unpaired) electrons. The first-order valence-corrected chi connectivity index (χ1v) is 5.69. The Balaban J connectivity index is 2.83. The van der Waals surface area contributed by atoms with Crippen molar-refractivity contribution in [3.05, 3.63) is 28.6 Å². The van der Waals surface area contributed by atoms with E-state index in [1.807, 2.05) is 11.3 Å². The summed E-state index contributed by atoms with van der Waals surface area (Å²) in [7, 11) is 0. The van der Waals surface area contributed by atoms with Crippen LogP contribution in [0.25, 0.3) is 10.1 Å². The lowest BCUT2D eigenvalue weighted by Crippen LogP contribution is -1.79. The van der Waals surface area contributed by atoms with E-state index in [1.54, 1.807) is 0 Å². The summed E-state index contributed by atoms with van der Waals surface area (Å²) in [6, 6.07) is 6.50. The van der Waals surface area contributed by atoms with Crippen molar-refractivity contribution in [2.75, 3.05) is 0 Å². The van der Waals surface area contributed by atoms with Gasteiger partial charge in [0.15, 0.2) is 0 Å². The normalized spacial score (nSPS) is 11.0. The van der Waals surface area contributed by atoms with Gasteiger partial charge in [-0.1, -0.05) is 13.0 Å². The van der Waals surface area contributed by atoms with Crippen LogP contribution in [0.2, 0.25) is 0 Å². The van der Waals surface area contributed by atoms with Gasteiger partial charge in [0.25, 0.3) is 0 Å². The molecule has 0 spiro atoms. The fourth-order valence-corrected chi connectivity index (χ4v) is 3.01. The summed E-state index contributed by atoms with van der Waals surface area (Å²) < 4.78 is 1.41. The largest absolute Gasteiger partial charge is 0.143 e. The molecule has 0 aliphatic carbocycles. The Morgan fingerprint density at radius 2 is 2.15 bits per heavy atom. The first-order chi connectivity index (χ1) is 6.22. The minimum Gasteiger partial charge on any atom is -0.143 e. The Kier molecular flexibility index (Phi) is 2.35. The molecule has 0 aliphatic heterocycles. The summed E-state index contributed by atoms with van der Waals surface area (Å²) in [5, 5.41) is 1.31. The lowest BCUT2D eigenvalue weighted by atomic mass is 10.1. The summed E-state index contributed by atoms with van der Waals surface area (Å²) in [6.07, 6.45) is 1.10. The molecule has 2 rings (SSSR count). The zero-order chi connectivity index (χ0) is 9.42. The zero-order valence-electron chi connectivity index (χ0n) is 7.79. The van der Waals surface area contributed by atoms with Crippen LogP contribution in [0.5, 0.6) is 0 Å². The first kappa shape index (κ1) is 9.10. The Bertz CT molecular complexity index is 441. The summed E-state index contributed by atoms with van der Waals surface area (Å²) >= 11 is 6.33. The van der Waals surface area contributed by atoms with Crippen molar-refractivity contribution in [3.63, 3.8) is 0 Å². The molecular formula is C11H12S2. The molecule has 2 aromatic rings. The number of hydrogen-bond acceptors (Lipinski definition) is 2. The van der Waals surface area contributed by atoms with E-state index in [-0.39, 0.29) is 0 Å². The molecule has 0 nitrogen and oxygen atoms in total. The Morgan fingerprint density at radius 1 is 1.38 bits per heavy atom. The van der Waals surface area contributed by atoms with Crippen LogP contribution in [-0.2, 0) is 6.42 Å². The van der Waals surface area contributed by atoms with Gasteiger partial charge in [-0.3, -0.25) is 0 Å². The van der Waals surface area contributed by atoms with Crippen LogP contribution in [0.3, 0.4) is 0 Å². The topological polar surface area (TPSA) is 0 Å². The van der Waals surface area contributed by atoms with Crippen molar-refractivity contribution in [2.24, 2.45) is 0 Å². The molecule has 0 unspecified atom stereocenters. The van der Waals surface area contributed by atoms with E-state index >= 15 is 0 Å². The third kappa shape index (κ3) is 1.49. The summed E-state index contributed by atoms with van der Waals surface area (Å²) in [6.45, 7) is 4.35. The summed E-state index contributed by atoms with van der Waals surface area (Å²) in [5.74, 6) is 0. The minimum atomic E-state index is 1.09. The van der Waals surface area contributed by atoms with Crippen molar-refractivity contribution >= 4 is 34.1 Å². The highest BCUT2D eigenvalue weighted by Gasteiger charge is 2.05.